The van der Waals surface area contributed by atoms with E-state index >= 15 is 0 Å². The number of rotatable bonds is 5. The van der Waals surface area contributed by atoms with Crippen molar-refractivity contribution in [3.8, 4) is 6.07 Å². The third-order valence-electron chi connectivity index (χ3n) is 2.86. The van der Waals surface area contributed by atoms with Gasteiger partial charge in [-0.1, -0.05) is 13.0 Å². The van der Waals surface area contributed by atoms with Crippen molar-refractivity contribution in [1.29, 1.82) is 5.26 Å². The molecule has 0 aromatic heterocycles. The normalized spacial score (nSPS) is 11.7. The van der Waals surface area contributed by atoms with Crippen LogP contribution in [0.2, 0.25) is 0 Å². The van der Waals surface area contributed by atoms with E-state index in [0.29, 0.717) is 17.7 Å². The Morgan fingerprint density at radius 3 is 2.72 bits per heavy atom. The van der Waals surface area contributed by atoms with E-state index in [1.165, 1.54) is 11.8 Å². The molecule has 1 aromatic carbocycles. The molecule has 0 bridgehead atoms. The van der Waals surface area contributed by atoms with Crippen molar-refractivity contribution in [2.75, 3.05) is 18.2 Å². The van der Waals surface area contributed by atoms with E-state index in [4.69, 9.17) is 5.11 Å². The largest absolute Gasteiger partial charge is 0.480 e. The maximum atomic E-state index is 11.2. The molecular formula is C13H16N2O2S. The van der Waals surface area contributed by atoms with E-state index in [1.807, 2.05) is 25.3 Å². The number of hydrogen-bond acceptors (Lipinski definition) is 4. The van der Waals surface area contributed by atoms with Crippen LogP contribution in [-0.2, 0) is 4.79 Å². The second-order valence-corrected chi connectivity index (χ2v) is 4.69. The van der Waals surface area contributed by atoms with Crippen LogP contribution in [0.25, 0.3) is 0 Å². The average molecular weight is 264 g/mol. The molecule has 5 heteroatoms. The summed E-state index contributed by atoms with van der Waals surface area (Å²) in [5.41, 5.74) is 1.20. The van der Waals surface area contributed by atoms with Gasteiger partial charge in [0.25, 0.3) is 0 Å². The highest BCUT2D eigenvalue weighted by molar-refractivity contribution is 7.98. The molecule has 0 amide bonds. The molecule has 1 aromatic rings. The zero-order valence-corrected chi connectivity index (χ0v) is 11.5. The Morgan fingerprint density at radius 2 is 2.28 bits per heavy atom. The molecule has 0 radical (unpaired) electrons. The second kappa shape index (κ2) is 6.31. The first-order valence-electron chi connectivity index (χ1n) is 5.59. The second-order valence-electron chi connectivity index (χ2n) is 3.84. The van der Waals surface area contributed by atoms with Gasteiger partial charge in [0.2, 0.25) is 0 Å². The zero-order chi connectivity index (χ0) is 13.7. The molecule has 0 fully saturated rings. The monoisotopic (exact) mass is 264 g/mol. The number of likely N-dealkylation sites (N-methyl/N-ethyl adjacent to an activating group) is 1. The van der Waals surface area contributed by atoms with Crippen molar-refractivity contribution in [2.45, 2.75) is 24.3 Å². The van der Waals surface area contributed by atoms with Crippen LogP contribution < -0.4 is 4.90 Å². The lowest BCUT2D eigenvalue weighted by molar-refractivity contribution is -0.138. The Labute approximate surface area is 111 Å². The van der Waals surface area contributed by atoms with Gasteiger partial charge < -0.3 is 10.0 Å². The standard InChI is InChI=1S/C13H16N2O2S/c1-4-10(13(16)17)15(2)11-6-5-7-12(18-3)9(11)8-14/h5-7,10H,4H2,1-3H3,(H,16,17). The van der Waals surface area contributed by atoms with Gasteiger partial charge >= 0.3 is 5.97 Å². The summed E-state index contributed by atoms with van der Waals surface area (Å²) in [6, 6.07) is 7.03. The number of anilines is 1. The van der Waals surface area contributed by atoms with Crippen molar-refractivity contribution in [1.82, 2.24) is 0 Å². The Balaban J connectivity index is 3.25. The number of aliphatic carboxylic acids is 1. The van der Waals surface area contributed by atoms with Gasteiger partial charge in [0.15, 0.2) is 0 Å². The predicted octanol–water partition coefficient (Wildman–Crippen LogP) is 2.58. The molecule has 0 saturated heterocycles. The van der Waals surface area contributed by atoms with E-state index in [1.54, 1.807) is 18.0 Å². The first-order valence-corrected chi connectivity index (χ1v) is 6.82. The van der Waals surface area contributed by atoms with Gasteiger partial charge in [-0.3, -0.25) is 0 Å². The molecule has 1 N–H and O–H groups in total. The molecule has 1 atom stereocenters. The molecule has 18 heavy (non-hydrogen) atoms. The highest BCUT2D eigenvalue weighted by atomic mass is 32.2. The van der Waals surface area contributed by atoms with Gasteiger partial charge in [0, 0.05) is 11.9 Å². The van der Waals surface area contributed by atoms with E-state index in [0.717, 1.165) is 4.90 Å². The molecule has 1 unspecified atom stereocenters. The number of carboxylic acid groups (broad SMARTS) is 1. The molecule has 0 aliphatic heterocycles. The average Bonchev–Trinajstić information content (AvgIpc) is 2.37. The van der Waals surface area contributed by atoms with Gasteiger partial charge in [-0.15, -0.1) is 11.8 Å². The van der Waals surface area contributed by atoms with Crippen molar-refractivity contribution in [2.24, 2.45) is 0 Å². The van der Waals surface area contributed by atoms with Crippen molar-refractivity contribution >= 4 is 23.4 Å². The fourth-order valence-corrected chi connectivity index (χ4v) is 2.45. The van der Waals surface area contributed by atoms with E-state index in [-0.39, 0.29) is 0 Å². The van der Waals surface area contributed by atoms with Gasteiger partial charge in [-0.05, 0) is 24.8 Å². The summed E-state index contributed by atoms with van der Waals surface area (Å²) in [4.78, 5) is 13.7. The number of nitriles is 1. The molecule has 0 saturated carbocycles. The van der Waals surface area contributed by atoms with Crippen LogP contribution in [-0.4, -0.2) is 30.4 Å². The molecule has 96 valence electrons. The molecular weight excluding hydrogens is 248 g/mol. The Kier molecular flexibility index (Phi) is 5.05. The van der Waals surface area contributed by atoms with Gasteiger partial charge in [0.05, 0.1) is 11.3 Å². The number of nitrogens with zero attached hydrogens (tertiary/aromatic N) is 2. The Hall–Kier alpha value is -1.67. The third-order valence-corrected chi connectivity index (χ3v) is 3.64. The molecule has 0 heterocycles. The summed E-state index contributed by atoms with van der Waals surface area (Å²) >= 11 is 1.48. The zero-order valence-electron chi connectivity index (χ0n) is 10.7. The quantitative estimate of drug-likeness (QED) is 0.828. The number of carboxylic acids is 1. The highest BCUT2D eigenvalue weighted by Gasteiger charge is 2.23. The molecule has 0 aliphatic carbocycles. The Morgan fingerprint density at radius 1 is 1.61 bits per heavy atom. The minimum atomic E-state index is -0.876. The number of thioether (sulfide) groups is 1. The SMILES string of the molecule is CCC(C(=O)O)N(C)c1cccc(SC)c1C#N. The van der Waals surface area contributed by atoms with Crippen molar-refractivity contribution in [3.63, 3.8) is 0 Å². The van der Waals surface area contributed by atoms with Crippen LogP contribution in [0.4, 0.5) is 5.69 Å². The summed E-state index contributed by atoms with van der Waals surface area (Å²) in [5.74, 6) is -0.876. The summed E-state index contributed by atoms with van der Waals surface area (Å²) in [6.07, 6.45) is 2.38. The molecule has 4 nitrogen and oxygen atoms in total. The maximum Gasteiger partial charge on any atom is 0.326 e. The highest BCUT2D eigenvalue weighted by Crippen LogP contribution is 2.29. The summed E-state index contributed by atoms with van der Waals surface area (Å²) in [5, 5.41) is 18.4. The smallest absolute Gasteiger partial charge is 0.326 e. The van der Waals surface area contributed by atoms with Crippen LogP contribution in [0.5, 0.6) is 0 Å². The minimum absolute atomic E-state index is 0.486. The number of benzene rings is 1. The van der Waals surface area contributed by atoms with Gasteiger partial charge in [-0.25, -0.2) is 4.79 Å². The van der Waals surface area contributed by atoms with Crippen LogP contribution in [0.3, 0.4) is 0 Å². The molecule has 1 rings (SSSR count). The summed E-state index contributed by atoms with van der Waals surface area (Å²) in [7, 11) is 1.71. The van der Waals surface area contributed by atoms with Gasteiger partial charge in [0.1, 0.15) is 12.1 Å². The maximum absolute atomic E-state index is 11.2. The summed E-state index contributed by atoms with van der Waals surface area (Å²) < 4.78 is 0. The number of carbonyl (C=O) groups is 1. The number of hydrogen-bond donors (Lipinski definition) is 1. The van der Waals surface area contributed by atoms with Crippen LogP contribution >= 0.6 is 11.8 Å². The van der Waals surface area contributed by atoms with Crippen LogP contribution in [0.1, 0.15) is 18.9 Å². The van der Waals surface area contributed by atoms with Crippen LogP contribution in [0.15, 0.2) is 23.1 Å². The predicted molar refractivity (Wildman–Crippen MR) is 73.1 cm³/mol. The van der Waals surface area contributed by atoms with E-state index < -0.39 is 12.0 Å². The van der Waals surface area contributed by atoms with E-state index in [9.17, 15) is 10.1 Å². The molecule has 0 aliphatic rings. The van der Waals surface area contributed by atoms with Crippen molar-refractivity contribution in [3.05, 3.63) is 23.8 Å². The lowest BCUT2D eigenvalue weighted by Crippen LogP contribution is -2.38. The fraction of sp³-hybridized carbons (Fsp3) is 0.385. The topological polar surface area (TPSA) is 64.3 Å². The Bertz CT molecular complexity index is 482. The van der Waals surface area contributed by atoms with Crippen LogP contribution in [0, 0.1) is 11.3 Å². The lowest BCUT2D eigenvalue weighted by atomic mass is 10.1. The van der Waals surface area contributed by atoms with Crippen molar-refractivity contribution < 1.29 is 9.90 Å². The third kappa shape index (κ3) is 2.77. The lowest BCUT2D eigenvalue weighted by Gasteiger charge is -2.27. The first-order chi connectivity index (χ1) is 8.56. The summed E-state index contributed by atoms with van der Waals surface area (Å²) in [6.45, 7) is 1.82. The van der Waals surface area contributed by atoms with Gasteiger partial charge in [-0.2, -0.15) is 5.26 Å². The first kappa shape index (κ1) is 14.4. The minimum Gasteiger partial charge on any atom is -0.480 e. The fourth-order valence-electron chi connectivity index (χ4n) is 1.88. The van der Waals surface area contributed by atoms with E-state index in [2.05, 4.69) is 6.07 Å². The molecule has 0 spiro atoms.